The zero-order chi connectivity index (χ0) is 9.40. The van der Waals surface area contributed by atoms with Crippen LogP contribution >= 0.6 is 0 Å². The number of primary amides is 1. The van der Waals surface area contributed by atoms with E-state index in [1.807, 2.05) is 13.0 Å². The van der Waals surface area contributed by atoms with Crippen LogP contribution < -0.4 is 5.73 Å². The third-order valence-corrected chi connectivity index (χ3v) is 1.48. The number of rotatable bonds is 5. The van der Waals surface area contributed by atoms with E-state index in [0.29, 0.717) is 0 Å². The van der Waals surface area contributed by atoms with Gasteiger partial charge in [0.1, 0.15) is 0 Å². The van der Waals surface area contributed by atoms with Gasteiger partial charge in [-0.1, -0.05) is 31.9 Å². The van der Waals surface area contributed by atoms with Crippen molar-refractivity contribution in [1.82, 2.24) is 0 Å². The predicted molar refractivity (Wildman–Crippen MR) is 51.6 cm³/mol. The first kappa shape index (κ1) is 11.0. The van der Waals surface area contributed by atoms with Gasteiger partial charge in [-0.3, -0.25) is 4.79 Å². The lowest BCUT2D eigenvalue weighted by molar-refractivity contribution is -0.113. The number of allylic oxidation sites excluding steroid dienone is 3. The molecule has 0 saturated carbocycles. The van der Waals surface area contributed by atoms with Crippen LogP contribution in [0.1, 0.15) is 33.1 Å². The molecule has 0 atom stereocenters. The molecule has 0 heterocycles. The number of carbonyl (C=O) groups excluding carboxylic acids is 1. The highest BCUT2D eigenvalue weighted by molar-refractivity contribution is 5.86. The SMILES string of the molecule is CCCCC=CC(C)=CC(N)=O. The van der Waals surface area contributed by atoms with Gasteiger partial charge < -0.3 is 5.73 Å². The first-order valence-corrected chi connectivity index (χ1v) is 4.31. The van der Waals surface area contributed by atoms with Crippen LogP contribution in [-0.4, -0.2) is 5.91 Å². The van der Waals surface area contributed by atoms with Gasteiger partial charge in [0.05, 0.1) is 0 Å². The third-order valence-electron chi connectivity index (χ3n) is 1.48. The molecular weight excluding hydrogens is 150 g/mol. The van der Waals surface area contributed by atoms with E-state index < -0.39 is 0 Å². The Morgan fingerprint density at radius 2 is 2.17 bits per heavy atom. The number of amides is 1. The summed E-state index contributed by atoms with van der Waals surface area (Å²) < 4.78 is 0. The Morgan fingerprint density at radius 3 is 2.67 bits per heavy atom. The van der Waals surface area contributed by atoms with Gasteiger partial charge in [0.2, 0.25) is 5.91 Å². The molecule has 0 aliphatic heterocycles. The maximum atomic E-state index is 10.4. The summed E-state index contributed by atoms with van der Waals surface area (Å²) in [6.07, 6.45) is 8.89. The Labute approximate surface area is 74.1 Å². The van der Waals surface area contributed by atoms with E-state index in [-0.39, 0.29) is 5.91 Å². The van der Waals surface area contributed by atoms with Crippen molar-refractivity contribution in [2.45, 2.75) is 33.1 Å². The molecule has 0 fully saturated rings. The normalized spacial score (nSPS) is 12.3. The van der Waals surface area contributed by atoms with Crippen molar-refractivity contribution >= 4 is 5.91 Å². The molecule has 2 nitrogen and oxygen atoms in total. The average molecular weight is 167 g/mol. The van der Waals surface area contributed by atoms with Gasteiger partial charge in [-0.05, 0) is 18.9 Å². The summed E-state index contributed by atoms with van der Waals surface area (Å²) in [7, 11) is 0. The molecule has 0 unspecified atom stereocenters. The Balaban J connectivity index is 3.74. The summed E-state index contributed by atoms with van der Waals surface area (Å²) >= 11 is 0. The highest BCUT2D eigenvalue weighted by atomic mass is 16.1. The molecule has 0 spiro atoms. The van der Waals surface area contributed by atoms with Crippen molar-refractivity contribution in [3.63, 3.8) is 0 Å². The summed E-state index contributed by atoms with van der Waals surface area (Å²) in [5, 5.41) is 0. The van der Waals surface area contributed by atoms with Gasteiger partial charge >= 0.3 is 0 Å². The van der Waals surface area contributed by atoms with Gasteiger partial charge in [-0.15, -0.1) is 0 Å². The fraction of sp³-hybridized carbons (Fsp3) is 0.500. The molecule has 2 N–H and O–H groups in total. The van der Waals surface area contributed by atoms with Crippen LogP contribution in [-0.2, 0) is 4.79 Å². The molecule has 0 aromatic carbocycles. The topological polar surface area (TPSA) is 43.1 Å². The molecule has 68 valence electrons. The standard InChI is InChI=1S/C10H17NO/c1-3-4-5-6-7-9(2)8-10(11)12/h6-8H,3-5H2,1-2H3,(H2,11,12). The maximum absolute atomic E-state index is 10.4. The van der Waals surface area contributed by atoms with E-state index in [1.54, 1.807) is 0 Å². The van der Waals surface area contributed by atoms with Crippen LogP contribution in [0.4, 0.5) is 0 Å². The van der Waals surface area contributed by atoms with Gasteiger partial charge in [-0.2, -0.15) is 0 Å². The van der Waals surface area contributed by atoms with E-state index >= 15 is 0 Å². The predicted octanol–water partition coefficient (Wildman–Crippen LogP) is 2.16. The second-order valence-corrected chi connectivity index (χ2v) is 2.84. The quantitative estimate of drug-likeness (QED) is 0.380. The van der Waals surface area contributed by atoms with Crippen LogP contribution in [0.5, 0.6) is 0 Å². The number of hydrogen-bond donors (Lipinski definition) is 1. The number of carbonyl (C=O) groups is 1. The van der Waals surface area contributed by atoms with Crippen molar-refractivity contribution in [2.24, 2.45) is 5.73 Å². The minimum Gasteiger partial charge on any atom is -0.366 e. The smallest absolute Gasteiger partial charge is 0.241 e. The molecule has 12 heavy (non-hydrogen) atoms. The van der Waals surface area contributed by atoms with Crippen molar-refractivity contribution < 1.29 is 4.79 Å². The van der Waals surface area contributed by atoms with Crippen LogP contribution in [0.3, 0.4) is 0 Å². The summed E-state index contributed by atoms with van der Waals surface area (Å²) in [6.45, 7) is 4.02. The van der Waals surface area contributed by atoms with Gasteiger partial charge in [0.25, 0.3) is 0 Å². The Morgan fingerprint density at radius 1 is 1.50 bits per heavy atom. The van der Waals surface area contributed by atoms with Crippen LogP contribution in [0, 0.1) is 0 Å². The molecule has 0 aliphatic rings. The fourth-order valence-corrected chi connectivity index (χ4v) is 0.864. The lowest BCUT2D eigenvalue weighted by Gasteiger charge is -1.90. The Kier molecular flexibility index (Phi) is 6.07. The zero-order valence-electron chi connectivity index (χ0n) is 7.84. The summed E-state index contributed by atoms with van der Waals surface area (Å²) in [6, 6.07) is 0. The van der Waals surface area contributed by atoms with Crippen LogP contribution in [0.25, 0.3) is 0 Å². The van der Waals surface area contributed by atoms with E-state index in [1.165, 1.54) is 18.9 Å². The third kappa shape index (κ3) is 7.06. The molecular formula is C10H17NO. The largest absolute Gasteiger partial charge is 0.366 e. The minimum absolute atomic E-state index is 0.382. The molecule has 0 bridgehead atoms. The highest BCUT2D eigenvalue weighted by Crippen LogP contribution is 1.99. The van der Waals surface area contributed by atoms with E-state index in [2.05, 4.69) is 13.0 Å². The lowest BCUT2D eigenvalue weighted by Crippen LogP contribution is -2.06. The lowest BCUT2D eigenvalue weighted by atomic mass is 10.2. The van der Waals surface area contributed by atoms with Crippen molar-refractivity contribution in [3.8, 4) is 0 Å². The molecule has 0 aliphatic carbocycles. The monoisotopic (exact) mass is 167 g/mol. The first-order chi connectivity index (χ1) is 5.66. The van der Waals surface area contributed by atoms with E-state index in [0.717, 1.165) is 12.0 Å². The van der Waals surface area contributed by atoms with Gasteiger partial charge in [-0.25, -0.2) is 0 Å². The molecule has 0 aromatic rings. The fourth-order valence-electron chi connectivity index (χ4n) is 0.864. The summed E-state index contributed by atoms with van der Waals surface area (Å²) in [5.41, 5.74) is 5.89. The maximum Gasteiger partial charge on any atom is 0.241 e. The second-order valence-electron chi connectivity index (χ2n) is 2.84. The number of unbranched alkanes of at least 4 members (excludes halogenated alkanes) is 2. The zero-order valence-corrected chi connectivity index (χ0v) is 7.84. The molecule has 0 radical (unpaired) electrons. The Bertz CT molecular complexity index is 192. The second kappa shape index (κ2) is 6.65. The van der Waals surface area contributed by atoms with Crippen molar-refractivity contribution in [2.75, 3.05) is 0 Å². The van der Waals surface area contributed by atoms with Crippen LogP contribution in [0.2, 0.25) is 0 Å². The first-order valence-electron chi connectivity index (χ1n) is 4.31. The van der Waals surface area contributed by atoms with E-state index in [4.69, 9.17) is 5.73 Å². The molecule has 0 saturated heterocycles. The highest BCUT2D eigenvalue weighted by Gasteiger charge is 1.86. The molecule has 2 heteroatoms. The Hall–Kier alpha value is -1.05. The molecule has 0 rings (SSSR count). The minimum atomic E-state index is -0.382. The summed E-state index contributed by atoms with van der Waals surface area (Å²) in [4.78, 5) is 10.4. The number of nitrogens with two attached hydrogens (primary N) is 1. The summed E-state index contributed by atoms with van der Waals surface area (Å²) in [5.74, 6) is -0.382. The van der Waals surface area contributed by atoms with Crippen LogP contribution in [0.15, 0.2) is 23.8 Å². The number of hydrogen-bond acceptors (Lipinski definition) is 1. The van der Waals surface area contributed by atoms with Crippen molar-refractivity contribution in [1.29, 1.82) is 0 Å². The van der Waals surface area contributed by atoms with Gasteiger partial charge in [0, 0.05) is 6.08 Å². The average Bonchev–Trinajstić information content (AvgIpc) is 1.97. The molecule has 1 amide bonds. The van der Waals surface area contributed by atoms with Crippen molar-refractivity contribution in [3.05, 3.63) is 23.8 Å². The molecule has 0 aromatic heterocycles. The van der Waals surface area contributed by atoms with E-state index in [9.17, 15) is 4.79 Å². The van der Waals surface area contributed by atoms with Gasteiger partial charge in [0.15, 0.2) is 0 Å².